The van der Waals surface area contributed by atoms with E-state index < -0.39 is 10.0 Å². The summed E-state index contributed by atoms with van der Waals surface area (Å²) in [5, 5.41) is 6.55. The lowest BCUT2D eigenvalue weighted by Crippen LogP contribution is -2.48. The smallest absolute Gasteiger partial charge is 0.254 e. The second kappa shape index (κ2) is 5.20. The second-order valence-corrected chi connectivity index (χ2v) is 7.37. The average Bonchev–Trinajstić information content (AvgIpc) is 2.75. The maximum atomic E-state index is 12.3. The Labute approximate surface area is 116 Å². The van der Waals surface area contributed by atoms with Gasteiger partial charge in [-0.05, 0) is 19.9 Å². The number of hydrogen-bond donors (Lipinski definition) is 1. The molecule has 2 rings (SSSR count). The van der Waals surface area contributed by atoms with Gasteiger partial charge in [0.05, 0.1) is 17.8 Å². The highest BCUT2D eigenvalue weighted by Gasteiger charge is 2.27. The van der Waals surface area contributed by atoms with E-state index in [2.05, 4.69) is 0 Å². The Morgan fingerprint density at radius 3 is 2.47 bits per heavy atom. The number of hydrogen-bond acceptors (Lipinski definition) is 5. The summed E-state index contributed by atoms with van der Waals surface area (Å²) >= 11 is 0.959. The summed E-state index contributed by atoms with van der Waals surface area (Å²) in [6.07, 6.45) is -0.0481. The molecule has 0 aliphatic carbocycles. The monoisotopic (exact) mass is 304 g/mol. The number of amides is 1. The molecule has 1 aromatic rings. The van der Waals surface area contributed by atoms with Crippen molar-refractivity contribution in [1.82, 2.24) is 4.90 Å². The molecule has 0 bridgehead atoms. The zero-order valence-electron chi connectivity index (χ0n) is 10.7. The molecular formula is C11H16N2O4S2. The summed E-state index contributed by atoms with van der Waals surface area (Å²) in [6.45, 7) is 4.81. The minimum absolute atomic E-state index is 0.00482. The van der Waals surface area contributed by atoms with Gasteiger partial charge >= 0.3 is 0 Å². The van der Waals surface area contributed by atoms with Gasteiger partial charge in [0.25, 0.3) is 5.91 Å². The Hall–Kier alpha value is -0.960. The van der Waals surface area contributed by atoms with Crippen molar-refractivity contribution in [3.8, 4) is 0 Å². The number of morpholine rings is 1. The van der Waals surface area contributed by atoms with Crippen LogP contribution in [0, 0.1) is 0 Å². The standard InChI is InChI=1S/C11H16N2O4S2/c1-7-4-13(5-8(2)17-7)11(14)9-3-10(18-6-9)19(12,15)16/h3,6-8H,4-5H2,1-2H3,(H2,12,15,16)/t7-,8+. The molecule has 0 radical (unpaired) electrons. The molecule has 1 aromatic heterocycles. The molecule has 6 nitrogen and oxygen atoms in total. The zero-order valence-corrected chi connectivity index (χ0v) is 12.3. The number of nitrogens with zero attached hydrogens (tertiary/aromatic N) is 1. The highest BCUT2D eigenvalue weighted by Crippen LogP contribution is 2.21. The number of thiophene rings is 1. The van der Waals surface area contributed by atoms with Gasteiger partial charge in [0.2, 0.25) is 10.0 Å². The fourth-order valence-corrected chi connectivity index (χ4v) is 3.68. The van der Waals surface area contributed by atoms with E-state index in [1.165, 1.54) is 11.4 Å². The molecule has 8 heteroatoms. The van der Waals surface area contributed by atoms with E-state index in [9.17, 15) is 13.2 Å². The molecule has 1 amide bonds. The SMILES string of the molecule is C[C@@H]1CN(C(=O)c2csc(S(N)(=O)=O)c2)C[C@H](C)O1. The fourth-order valence-electron chi connectivity index (χ4n) is 2.10. The molecule has 1 fully saturated rings. The van der Waals surface area contributed by atoms with Crippen molar-refractivity contribution >= 4 is 27.3 Å². The Morgan fingerprint density at radius 2 is 2.00 bits per heavy atom. The lowest BCUT2D eigenvalue weighted by atomic mass is 10.2. The van der Waals surface area contributed by atoms with E-state index in [4.69, 9.17) is 9.88 Å². The molecule has 106 valence electrons. The summed E-state index contributed by atoms with van der Waals surface area (Å²) < 4.78 is 27.9. The fraction of sp³-hybridized carbons (Fsp3) is 0.545. The maximum absolute atomic E-state index is 12.3. The number of nitrogens with two attached hydrogens (primary N) is 1. The molecule has 0 saturated carbocycles. The van der Waals surface area contributed by atoms with Crippen molar-refractivity contribution in [1.29, 1.82) is 0 Å². The van der Waals surface area contributed by atoms with E-state index >= 15 is 0 Å². The summed E-state index contributed by atoms with van der Waals surface area (Å²) in [7, 11) is -3.74. The topological polar surface area (TPSA) is 89.7 Å². The number of carbonyl (C=O) groups excluding carboxylic acids is 1. The van der Waals surface area contributed by atoms with Crippen LogP contribution in [0.1, 0.15) is 24.2 Å². The van der Waals surface area contributed by atoms with E-state index in [0.717, 1.165) is 11.3 Å². The maximum Gasteiger partial charge on any atom is 0.254 e. The summed E-state index contributed by atoms with van der Waals surface area (Å²) in [4.78, 5) is 13.9. The minimum Gasteiger partial charge on any atom is -0.372 e. The van der Waals surface area contributed by atoms with Crippen LogP contribution in [0.15, 0.2) is 15.7 Å². The lowest BCUT2D eigenvalue weighted by molar-refractivity contribution is -0.0586. The number of carbonyl (C=O) groups is 1. The highest BCUT2D eigenvalue weighted by molar-refractivity contribution is 7.91. The third kappa shape index (κ3) is 3.33. The van der Waals surface area contributed by atoms with Crippen LogP contribution >= 0.6 is 11.3 Å². The molecule has 1 aliphatic rings. The van der Waals surface area contributed by atoms with Gasteiger partial charge in [-0.3, -0.25) is 4.79 Å². The predicted molar refractivity (Wildman–Crippen MR) is 71.6 cm³/mol. The highest BCUT2D eigenvalue weighted by atomic mass is 32.2. The third-order valence-electron chi connectivity index (χ3n) is 2.81. The van der Waals surface area contributed by atoms with E-state index in [1.54, 1.807) is 4.90 Å². The summed E-state index contributed by atoms with van der Waals surface area (Å²) in [5.41, 5.74) is 0.357. The first-order valence-electron chi connectivity index (χ1n) is 5.83. The van der Waals surface area contributed by atoms with Crippen LogP contribution in [-0.2, 0) is 14.8 Å². The van der Waals surface area contributed by atoms with Crippen LogP contribution in [0.3, 0.4) is 0 Å². The van der Waals surface area contributed by atoms with Crippen molar-refractivity contribution in [2.75, 3.05) is 13.1 Å². The summed E-state index contributed by atoms with van der Waals surface area (Å²) in [5.74, 6) is -0.187. The molecule has 19 heavy (non-hydrogen) atoms. The van der Waals surface area contributed by atoms with Gasteiger partial charge in [-0.2, -0.15) is 0 Å². The lowest BCUT2D eigenvalue weighted by Gasteiger charge is -2.35. The van der Waals surface area contributed by atoms with E-state index in [0.29, 0.717) is 18.7 Å². The van der Waals surface area contributed by atoms with Crippen molar-refractivity contribution in [2.24, 2.45) is 5.14 Å². The van der Waals surface area contributed by atoms with Crippen molar-refractivity contribution < 1.29 is 17.9 Å². The quantitative estimate of drug-likeness (QED) is 0.868. The molecule has 1 saturated heterocycles. The molecule has 2 heterocycles. The largest absolute Gasteiger partial charge is 0.372 e. The molecule has 0 unspecified atom stereocenters. The molecular weight excluding hydrogens is 288 g/mol. The van der Waals surface area contributed by atoms with Crippen molar-refractivity contribution in [3.63, 3.8) is 0 Å². The number of ether oxygens (including phenoxy) is 1. The second-order valence-electron chi connectivity index (χ2n) is 4.67. The first-order chi connectivity index (χ1) is 8.77. The van der Waals surface area contributed by atoms with E-state index in [-0.39, 0.29) is 22.3 Å². The Bertz CT molecular complexity index is 571. The zero-order chi connectivity index (χ0) is 14.2. The molecule has 0 spiro atoms. The van der Waals surface area contributed by atoms with Gasteiger partial charge in [-0.1, -0.05) is 0 Å². The van der Waals surface area contributed by atoms with Gasteiger partial charge < -0.3 is 9.64 Å². The molecule has 2 atom stereocenters. The number of primary sulfonamides is 1. The number of sulfonamides is 1. The Balaban J connectivity index is 2.18. The molecule has 2 N–H and O–H groups in total. The molecule has 1 aliphatic heterocycles. The van der Waals surface area contributed by atoms with Gasteiger partial charge in [0.15, 0.2) is 0 Å². The minimum atomic E-state index is -3.74. The number of rotatable bonds is 2. The van der Waals surface area contributed by atoms with Crippen molar-refractivity contribution in [3.05, 3.63) is 17.0 Å². The Morgan fingerprint density at radius 1 is 1.42 bits per heavy atom. The average molecular weight is 304 g/mol. The van der Waals surface area contributed by atoms with E-state index in [1.807, 2.05) is 13.8 Å². The van der Waals surface area contributed by atoms with Gasteiger partial charge in [0.1, 0.15) is 4.21 Å². The Kier molecular flexibility index (Phi) is 3.95. The van der Waals surface area contributed by atoms with Gasteiger partial charge in [-0.25, -0.2) is 13.6 Å². The van der Waals surface area contributed by atoms with Gasteiger partial charge in [-0.15, -0.1) is 11.3 Å². The predicted octanol–water partition coefficient (Wildman–Crippen LogP) is 0.645. The van der Waals surface area contributed by atoms with Crippen molar-refractivity contribution in [2.45, 2.75) is 30.3 Å². The van der Waals surface area contributed by atoms with Gasteiger partial charge in [0, 0.05) is 18.5 Å². The first kappa shape index (κ1) is 14.4. The summed E-state index contributed by atoms with van der Waals surface area (Å²) in [6, 6.07) is 1.33. The molecule has 0 aromatic carbocycles. The van der Waals surface area contributed by atoms with Crippen LogP contribution in [-0.4, -0.2) is 44.5 Å². The van der Waals surface area contributed by atoms with Crippen LogP contribution < -0.4 is 5.14 Å². The van der Waals surface area contributed by atoms with Crippen LogP contribution in [0.2, 0.25) is 0 Å². The van der Waals surface area contributed by atoms with Crippen LogP contribution in [0.25, 0.3) is 0 Å². The van der Waals surface area contributed by atoms with Crippen LogP contribution in [0.4, 0.5) is 0 Å². The third-order valence-corrected chi connectivity index (χ3v) is 5.20. The first-order valence-corrected chi connectivity index (χ1v) is 8.26. The van der Waals surface area contributed by atoms with Crippen LogP contribution in [0.5, 0.6) is 0 Å². The normalized spacial score (nSPS) is 24.5.